The number of hydrogen-bond donors (Lipinski definition) is 1. The van der Waals surface area contributed by atoms with Gasteiger partial charge in [0.2, 0.25) is 5.91 Å². The Balaban J connectivity index is 2.31. The first kappa shape index (κ1) is 21.8. The first-order chi connectivity index (χ1) is 14.3. The van der Waals surface area contributed by atoms with Gasteiger partial charge in [-0.25, -0.2) is 13.8 Å². The molecule has 6 nitrogen and oxygen atoms in total. The zero-order chi connectivity index (χ0) is 22.0. The van der Waals surface area contributed by atoms with Gasteiger partial charge < -0.3 is 5.32 Å². The highest BCUT2D eigenvalue weighted by Gasteiger charge is 2.25. The largest absolute Gasteiger partial charge is 0.354 e. The molecule has 0 aliphatic heterocycles. The number of hydrogen-bond acceptors (Lipinski definition) is 3. The zero-order valence-electron chi connectivity index (χ0n) is 17.0. The van der Waals surface area contributed by atoms with Gasteiger partial charge in [-0.2, -0.15) is 0 Å². The van der Waals surface area contributed by atoms with Crippen LogP contribution in [0.1, 0.15) is 33.2 Å². The summed E-state index contributed by atoms with van der Waals surface area (Å²) >= 11 is 5.87. The second-order valence-electron chi connectivity index (χ2n) is 7.47. The summed E-state index contributed by atoms with van der Waals surface area (Å²) in [6.07, 6.45) is 0.343. The number of aromatic nitrogens is 2. The van der Waals surface area contributed by atoms with Crippen molar-refractivity contribution < 1.29 is 9.18 Å². The van der Waals surface area contributed by atoms with Gasteiger partial charge in [0.25, 0.3) is 5.56 Å². The Morgan fingerprint density at radius 3 is 2.50 bits per heavy atom. The second-order valence-corrected chi connectivity index (χ2v) is 7.88. The lowest BCUT2D eigenvalue weighted by Crippen LogP contribution is -2.44. The lowest BCUT2D eigenvalue weighted by Gasteiger charge is -2.22. The summed E-state index contributed by atoms with van der Waals surface area (Å²) < 4.78 is 15.9. The van der Waals surface area contributed by atoms with E-state index >= 15 is 0 Å². The summed E-state index contributed by atoms with van der Waals surface area (Å²) in [5.41, 5.74) is -0.753. The Kier molecular flexibility index (Phi) is 6.41. The first-order valence-electron chi connectivity index (χ1n) is 9.75. The van der Waals surface area contributed by atoms with E-state index in [9.17, 15) is 18.8 Å². The van der Waals surface area contributed by atoms with Crippen LogP contribution in [-0.2, 0) is 4.79 Å². The SMILES string of the molecule is CC[C@H](C(=O)NCC(C)C)n1c(=O)n(-c2ccc(F)c(Cl)c2)c(=O)c2ccccc21. The molecule has 2 aromatic carbocycles. The minimum absolute atomic E-state index is 0.133. The van der Waals surface area contributed by atoms with E-state index in [1.807, 2.05) is 13.8 Å². The summed E-state index contributed by atoms with van der Waals surface area (Å²) in [6.45, 7) is 6.21. The average Bonchev–Trinajstić information content (AvgIpc) is 2.72. The highest BCUT2D eigenvalue weighted by atomic mass is 35.5. The number of amides is 1. The van der Waals surface area contributed by atoms with Crippen molar-refractivity contribution in [3.63, 3.8) is 0 Å². The van der Waals surface area contributed by atoms with E-state index in [0.717, 1.165) is 10.6 Å². The first-order valence-corrected chi connectivity index (χ1v) is 10.1. The Labute approximate surface area is 177 Å². The van der Waals surface area contributed by atoms with E-state index in [2.05, 4.69) is 5.32 Å². The van der Waals surface area contributed by atoms with E-state index in [1.54, 1.807) is 31.2 Å². The third-order valence-corrected chi connectivity index (χ3v) is 5.13. The summed E-state index contributed by atoms with van der Waals surface area (Å²) in [5.74, 6) is -0.717. The van der Waals surface area contributed by atoms with Gasteiger partial charge in [0.05, 0.1) is 21.6 Å². The summed E-state index contributed by atoms with van der Waals surface area (Å²) in [4.78, 5) is 39.4. The number of rotatable bonds is 6. The van der Waals surface area contributed by atoms with Crippen molar-refractivity contribution in [2.24, 2.45) is 5.92 Å². The Morgan fingerprint density at radius 2 is 1.87 bits per heavy atom. The van der Waals surface area contributed by atoms with Crippen LogP contribution in [0, 0.1) is 11.7 Å². The van der Waals surface area contributed by atoms with E-state index in [0.29, 0.717) is 18.5 Å². The lowest BCUT2D eigenvalue weighted by atomic mass is 10.1. The molecule has 0 aliphatic rings. The molecule has 1 atom stereocenters. The summed E-state index contributed by atoms with van der Waals surface area (Å²) in [5, 5.41) is 2.92. The number of benzene rings is 2. The molecule has 0 spiro atoms. The molecule has 1 N–H and O–H groups in total. The molecule has 158 valence electrons. The van der Waals surface area contributed by atoms with Gasteiger partial charge in [0.15, 0.2) is 0 Å². The van der Waals surface area contributed by atoms with Crippen LogP contribution in [-0.4, -0.2) is 21.6 Å². The maximum atomic E-state index is 13.6. The molecule has 0 saturated heterocycles. The van der Waals surface area contributed by atoms with Crippen LogP contribution in [0.3, 0.4) is 0 Å². The highest BCUT2D eigenvalue weighted by Crippen LogP contribution is 2.20. The summed E-state index contributed by atoms with van der Waals surface area (Å²) in [7, 11) is 0. The highest BCUT2D eigenvalue weighted by molar-refractivity contribution is 6.30. The van der Waals surface area contributed by atoms with Crippen molar-refractivity contribution in [3.05, 3.63) is 74.1 Å². The molecular weight excluding hydrogens is 409 g/mol. The molecule has 30 heavy (non-hydrogen) atoms. The quantitative estimate of drug-likeness (QED) is 0.647. The van der Waals surface area contributed by atoms with Crippen molar-refractivity contribution in [2.45, 2.75) is 33.2 Å². The smallest absolute Gasteiger partial charge is 0.336 e. The van der Waals surface area contributed by atoms with Gasteiger partial charge in [0, 0.05) is 6.54 Å². The van der Waals surface area contributed by atoms with Crippen LogP contribution in [0.25, 0.3) is 16.6 Å². The molecular formula is C22H23ClFN3O3. The normalized spacial score (nSPS) is 12.3. The van der Waals surface area contributed by atoms with Crippen molar-refractivity contribution in [3.8, 4) is 5.69 Å². The van der Waals surface area contributed by atoms with Crippen LogP contribution in [0.2, 0.25) is 5.02 Å². The van der Waals surface area contributed by atoms with Crippen molar-refractivity contribution in [1.29, 1.82) is 0 Å². The predicted molar refractivity (Wildman–Crippen MR) is 116 cm³/mol. The fourth-order valence-electron chi connectivity index (χ4n) is 3.34. The van der Waals surface area contributed by atoms with Crippen LogP contribution in [0.15, 0.2) is 52.1 Å². The fourth-order valence-corrected chi connectivity index (χ4v) is 3.52. The third-order valence-electron chi connectivity index (χ3n) is 4.84. The minimum atomic E-state index is -0.816. The molecule has 0 saturated carbocycles. The predicted octanol–water partition coefficient (Wildman–Crippen LogP) is 3.67. The van der Waals surface area contributed by atoms with Gasteiger partial charge in [-0.3, -0.25) is 14.2 Å². The van der Waals surface area contributed by atoms with E-state index in [-0.39, 0.29) is 27.9 Å². The van der Waals surface area contributed by atoms with Crippen LogP contribution in [0.5, 0.6) is 0 Å². The standard InChI is InChI=1S/C22H23ClFN3O3/c1-4-18(20(28)25-12-13(2)3)27-19-8-6-5-7-15(19)21(29)26(22(27)30)14-9-10-17(24)16(23)11-14/h5-11,13,18H,4,12H2,1-3H3,(H,25,28)/t18-/m1/s1. The fraction of sp³-hybridized carbons (Fsp3) is 0.318. The molecule has 3 aromatic rings. The molecule has 1 heterocycles. The molecule has 8 heteroatoms. The maximum Gasteiger partial charge on any atom is 0.336 e. The lowest BCUT2D eigenvalue weighted by molar-refractivity contribution is -0.124. The number of carbonyl (C=O) groups excluding carboxylic acids is 1. The number of carbonyl (C=O) groups is 1. The summed E-state index contributed by atoms with van der Waals surface area (Å²) in [6, 6.07) is 9.42. The second kappa shape index (κ2) is 8.83. The van der Waals surface area contributed by atoms with Crippen molar-refractivity contribution in [1.82, 2.24) is 14.5 Å². The molecule has 1 aromatic heterocycles. The molecule has 1 amide bonds. The Morgan fingerprint density at radius 1 is 1.17 bits per heavy atom. The van der Waals surface area contributed by atoms with Crippen LogP contribution in [0.4, 0.5) is 4.39 Å². The Hall–Kier alpha value is -2.93. The number of halogens is 2. The Bertz CT molecular complexity index is 1220. The third kappa shape index (κ3) is 4.03. The topological polar surface area (TPSA) is 73.1 Å². The van der Waals surface area contributed by atoms with Gasteiger partial charge >= 0.3 is 5.69 Å². The van der Waals surface area contributed by atoms with Crippen molar-refractivity contribution in [2.75, 3.05) is 6.54 Å². The minimum Gasteiger partial charge on any atom is -0.354 e. The molecule has 0 radical (unpaired) electrons. The number of nitrogens with zero attached hydrogens (tertiary/aromatic N) is 2. The van der Waals surface area contributed by atoms with Gasteiger partial charge in [0.1, 0.15) is 11.9 Å². The van der Waals surface area contributed by atoms with Gasteiger partial charge in [-0.05, 0) is 42.7 Å². The molecule has 0 bridgehead atoms. The van der Waals surface area contributed by atoms with E-state index < -0.39 is 23.1 Å². The van der Waals surface area contributed by atoms with E-state index in [4.69, 9.17) is 11.6 Å². The monoisotopic (exact) mass is 431 g/mol. The van der Waals surface area contributed by atoms with Gasteiger partial charge in [-0.15, -0.1) is 0 Å². The van der Waals surface area contributed by atoms with Crippen LogP contribution < -0.4 is 16.6 Å². The zero-order valence-corrected chi connectivity index (χ0v) is 17.7. The van der Waals surface area contributed by atoms with Crippen LogP contribution >= 0.6 is 11.6 Å². The number of nitrogens with one attached hydrogen (secondary N) is 1. The average molecular weight is 432 g/mol. The van der Waals surface area contributed by atoms with Gasteiger partial charge in [-0.1, -0.05) is 44.5 Å². The molecule has 0 unspecified atom stereocenters. The van der Waals surface area contributed by atoms with Crippen molar-refractivity contribution >= 4 is 28.4 Å². The number of fused-ring (bicyclic) bond motifs is 1. The molecule has 3 rings (SSSR count). The molecule has 0 fully saturated rings. The molecule has 0 aliphatic carbocycles. The van der Waals surface area contributed by atoms with E-state index in [1.165, 1.54) is 16.7 Å². The number of para-hydroxylation sites is 1. The maximum absolute atomic E-state index is 13.6.